The second-order valence-corrected chi connectivity index (χ2v) is 6.62. The highest BCUT2D eigenvalue weighted by Crippen LogP contribution is 2.26. The maximum atomic E-state index is 12.5. The van der Waals surface area contributed by atoms with Gasteiger partial charge in [-0.2, -0.15) is 0 Å². The number of hydrogen-bond acceptors (Lipinski definition) is 4. The Morgan fingerprint density at radius 3 is 2.43 bits per heavy atom. The van der Waals surface area contributed by atoms with E-state index in [9.17, 15) is 9.59 Å². The van der Waals surface area contributed by atoms with Gasteiger partial charge in [0, 0.05) is 6.04 Å². The Hall–Kier alpha value is -0.940. The summed E-state index contributed by atoms with van der Waals surface area (Å²) < 4.78 is 0. The minimum absolute atomic E-state index is 0.0109. The average Bonchev–Trinajstić information content (AvgIpc) is 2.63. The molecule has 0 spiro atoms. The fourth-order valence-electron chi connectivity index (χ4n) is 3.38. The molecule has 2 amide bonds. The predicted octanol–water partition coefficient (Wildman–Crippen LogP) is 1.38. The van der Waals surface area contributed by atoms with Gasteiger partial charge in [-0.1, -0.05) is 25.7 Å². The molecule has 120 valence electrons. The fourth-order valence-corrected chi connectivity index (χ4v) is 3.38. The standard InChI is InChI=1S/C16H29N3O2/c1-18(2)11-7-10-17-14-12-15(20)19(16(14)21)13-8-5-3-4-6-9-13/h13-14,17H,3-12H2,1-2H3. The zero-order chi connectivity index (χ0) is 15.2. The lowest BCUT2D eigenvalue weighted by molar-refractivity contribution is -0.141. The van der Waals surface area contributed by atoms with Gasteiger partial charge in [0.1, 0.15) is 0 Å². The smallest absolute Gasteiger partial charge is 0.247 e. The first-order valence-corrected chi connectivity index (χ1v) is 8.33. The van der Waals surface area contributed by atoms with Gasteiger partial charge >= 0.3 is 0 Å². The molecular weight excluding hydrogens is 266 g/mol. The van der Waals surface area contributed by atoms with Crippen molar-refractivity contribution < 1.29 is 9.59 Å². The number of nitrogens with zero attached hydrogens (tertiary/aromatic N) is 2. The summed E-state index contributed by atoms with van der Waals surface area (Å²) in [6.45, 7) is 1.79. The van der Waals surface area contributed by atoms with Crippen molar-refractivity contribution in [2.45, 2.75) is 63.5 Å². The Bertz CT molecular complexity index is 363. The Morgan fingerprint density at radius 1 is 1.14 bits per heavy atom. The van der Waals surface area contributed by atoms with E-state index < -0.39 is 0 Å². The molecule has 2 rings (SSSR count). The zero-order valence-electron chi connectivity index (χ0n) is 13.4. The van der Waals surface area contributed by atoms with Crippen molar-refractivity contribution >= 4 is 11.8 Å². The number of carbonyl (C=O) groups is 2. The molecule has 1 atom stereocenters. The van der Waals surface area contributed by atoms with Crippen LogP contribution in [0.25, 0.3) is 0 Å². The lowest BCUT2D eigenvalue weighted by Crippen LogP contribution is -2.44. The van der Waals surface area contributed by atoms with E-state index in [-0.39, 0.29) is 23.9 Å². The van der Waals surface area contributed by atoms with Gasteiger partial charge in [0.2, 0.25) is 11.8 Å². The second-order valence-electron chi connectivity index (χ2n) is 6.62. The van der Waals surface area contributed by atoms with Crippen molar-refractivity contribution in [3.8, 4) is 0 Å². The number of rotatable bonds is 6. The van der Waals surface area contributed by atoms with E-state index in [0.29, 0.717) is 6.42 Å². The van der Waals surface area contributed by atoms with Crippen LogP contribution in [0.5, 0.6) is 0 Å². The van der Waals surface area contributed by atoms with E-state index in [4.69, 9.17) is 0 Å². The molecule has 0 radical (unpaired) electrons. The van der Waals surface area contributed by atoms with E-state index in [0.717, 1.165) is 45.2 Å². The molecule has 5 heteroatoms. The van der Waals surface area contributed by atoms with Gasteiger partial charge in [-0.05, 0) is 46.4 Å². The topological polar surface area (TPSA) is 52.7 Å². The van der Waals surface area contributed by atoms with Gasteiger partial charge in [-0.15, -0.1) is 0 Å². The second kappa shape index (κ2) is 7.90. The predicted molar refractivity (Wildman–Crippen MR) is 82.9 cm³/mol. The molecule has 0 aromatic carbocycles. The summed E-state index contributed by atoms with van der Waals surface area (Å²) in [6, 6.07) is -0.135. The van der Waals surface area contributed by atoms with Crippen molar-refractivity contribution in [1.82, 2.24) is 15.1 Å². The van der Waals surface area contributed by atoms with E-state index in [1.54, 1.807) is 4.90 Å². The molecule has 1 aliphatic carbocycles. The molecule has 5 nitrogen and oxygen atoms in total. The quantitative estimate of drug-likeness (QED) is 0.457. The Morgan fingerprint density at radius 2 is 1.81 bits per heavy atom. The summed E-state index contributed by atoms with van der Waals surface area (Å²) in [5.41, 5.74) is 0. The third-order valence-corrected chi connectivity index (χ3v) is 4.55. The SMILES string of the molecule is CN(C)CCCNC1CC(=O)N(C2CCCCCC2)C1=O. The molecule has 1 heterocycles. The van der Waals surface area contributed by atoms with Gasteiger partial charge in [-0.3, -0.25) is 14.5 Å². The van der Waals surface area contributed by atoms with Crippen LogP contribution in [0.3, 0.4) is 0 Å². The molecule has 1 aliphatic heterocycles. The Kier molecular flexibility index (Phi) is 6.18. The molecule has 1 unspecified atom stereocenters. The third-order valence-electron chi connectivity index (χ3n) is 4.55. The van der Waals surface area contributed by atoms with Gasteiger partial charge in [0.15, 0.2) is 0 Å². The molecule has 0 aromatic heterocycles. The van der Waals surface area contributed by atoms with Gasteiger partial charge in [0.05, 0.1) is 12.5 Å². The summed E-state index contributed by atoms with van der Waals surface area (Å²) in [4.78, 5) is 28.4. The summed E-state index contributed by atoms with van der Waals surface area (Å²) in [6.07, 6.45) is 8.07. The largest absolute Gasteiger partial charge is 0.309 e. The monoisotopic (exact) mass is 295 g/mol. The Labute approximate surface area is 128 Å². The fraction of sp³-hybridized carbons (Fsp3) is 0.875. The number of likely N-dealkylation sites (tertiary alicyclic amines) is 1. The summed E-state index contributed by atoms with van der Waals surface area (Å²) in [5.74, 6) is 0.0359. The van der Waals surface area contributed by atoms with Crippen LogP contribution in [0.4, 0.5) is 0 Å². The molecule has 1 saturated heterocycles. The highest BCUT2D eigenvalue weighted by atomic mass is 16.2. The van der Waals surface area contributed by atoms with Gasteiger partial charge < -0.3 is 10.2 Å². The van der Waals surface area contributed by atoms with Gasteiger partial charge in [-0.25, -0.2) is 0 Å². The first-order valence-electron chi connectivity index (χ1n) is 8.33. The minimum atomic E-state index is -0.289. The Balaban J connectivity index is 1.84. The number of amides is 2. The van der Waals surface area contributed by atoms with Crippen LogP contribution in [0, 0.1) is 0 Å². The highest BCUT2D eigenvalue weighted by Gasteiger charge is 2.41. The van der Waals surface area contributed by atoms with Crippen molar-refractivity contribution in [1.29, 1.82) is 0 Å². The molecule has 1 saturated carbocycles. The van der Waals surface area contributed by atoms with Crippen molar-refractivity contribution in [3.63, 3.8) is 0 Å². The van der Waals surface area contributed by atoms with Gasteiger partial charge in [0.25, 0.3) is 0 Å². The van der Waals surface area contributed by atoms with E-state index in [1.807, 2.05) is 14.1 Å². The average molecular weight is 295 g/mol. The first kappa shape index (κ1) is 16.4. The van der Waals surface area contributed by atoms with Crippen molar-refractivity contribution in [2.24, 2.45) is 0 Å². The van der Waals surface area contributed by atoms with Crippen LogP contribution in [-0.4, -0.2) is 60.9 Å². The number of hydrogen-bond donors (Lipinski definition) is 1. The lowest BCUT2D eigenvalue weighted by Gasteiger charge is -2.25. The molecule has 2 fully saturated rings. The minimum Gasteiger partial charge on any atom is -0.309 e. The van der Waals surface area contributed by atoms with Crippen molar-refractivity contribution in [2.75, 3.05) is 27.2 Å². The van der Waals surface area contributed by atoms with Crippen LogP contribution in [0.2, 0.25) is 0 Å². The highest BCUT2D eigenvalue weighted by molar-refractivity contribution is 6.05. The van der Waals surface area contributed by atoms with Crippen molar-refractivity contribution in [3.05, 3.63) is 0 Å². The molecule has 1 N–H and O–H groups in total. The van der Waals surface area contributed by atoms with Crippen LogP contribution < -0.4 is 5.32 Å². The summed E-state index contributed by atoms with van der Waals surface area (Å²) in [7, 11) is 4.08. The summed E-state index contributed by atoms with van der Waals surface area (Å²) >= 11 is 0. The number of imide groups is 1. The van der Waals surface area contributed by atoms with Crippen LogP contribution in [-0.2, 0) is 9.59 Å². The van der Waals surface area contributed by atoms with Crippen LogP contribution in [0.1, 0.15) is 51.4 Å². The number of carbonyl (C=O) groups excluding carboxylic acids is 2. The molecule has 21 heavy (non-hydrogen) atoms. The van der Waals surface area contributed by atoms with Crippen LogP contribution >= 0.6 is 0 Å². The van der Waals surface area contributed by atoms with E-state index >= 15 is 0 Å². The number of nitrogens with one attached hydrogen (secondary N) is 1. The maximum absolute atomic E-state index is 12.5. The van der Waals surface area contributed by atoms with Crippen LogP contribution in [0.15, 0.2) is 0 Å². The molecule has 0 bridgehead atoms. The molecule has 2 aliphatic rings. The molecular formula is C16H29N3O2. The van der Waals surface area contributed by atoms with E-state index in [1.165, 1.54) is 12.8 Å². The lowest BCUT2D eigenvalue weighted by atomic mass is 10.1. The zero-order valence-corrected chi connectivity index (χ0v) is 13.4. The first-order chi connectivity index (χ1) is 10.1. The summed E-state index contributed by atoms with van der Waals surface area (Å²) in [5, 5.41) is 3.26. The normalized spacial score (nSPS) is 24.9. The third kappa shape index (κ3) is 4.51. The maximum Gasteiger partial charge on any atom is 0.247 e. The van der Waals surface area contributed by atoms with E-state index in [2.05, 4.69) is 10.2 Å². The molecule has 0 aromatic rings.